The number of rotatable bonds is 6. The fourth-order valence-corrected chi connectivity index (χ4v) is 3.59. The van der Waals surface area contributed by atoms with Crippen LogP contribution in [0.5, 0.6) is 5.75 Å². The lowest BCUT2D eigenvalue weighted by atomic mass is 10.2. The van der Waals surface area contributed by atoms with E-state index in [0.29, 0.717) is 22.7 Å². The Bertz CT molecular complexity index is 898. The normalized spacial score (nSPS) is 11.0. The number of nitrogens with one attached hydrogen (secondary N) is 2. The van der Waals surface area contributed by atoms with E-state index in [1.54, 1.807) is 44.4 Å². The molecular formula is C17H19ClN2O4S. The van der Waals surface area contributed by atoms with Crippen LogP contribution in [0.15, 0.2) is 41.3 Å². The van der Waals surface area contributed by atoms with Crippen molar-refractivity contribution in [2.75, 3.05) is 30.5 Å². The van der Waals surface area contributed by atoms with E-state index in [4.69, 9.17) is 16.3 Å². The number of ether oxygens (including phenoxy) is 1. The largest absolute Gasteiger partial charge is 0.497 e. The highest BCUT2D eigenvalue weighted by Gasteiger charge is 2.15. The average Bonchev–Trinajstić information content (AvgIpc) is 2.54. The van der Waals surface area contributed by atoms with E-state index in [1.807, 2.05) is 0 Å². The molecule has 0 aliphatic carbocycles. The van der Waals surface area contributed by atoms with Crippen LogP contribution < -0.4 is 15.4 Å². The summed E-state index contributed by atoms with van der Waals surface area (Å²) in [5.41, 5.74) is 1.61. The van der Waals surface area contributed by atoms with Gasteiger partial charge < -0.3 is 15.4 Å². The highest BCUT2D eigenvalue weighted by Crippen LogP contribution is 2.28. The zero-order chi connectivity index (χ0) is 18.6. The monoisotopic (exact) mass is 382 g/mol. The number of halogens is 1. The molecule has 0 unspecified atom stereocenters. The van der Waals surface area contributed by atoms with Gasteiger partial charge in [-0.2, -0.15) is 0 Å². The summed E-state index contributed by atoms with van der Waals surface area (Å²) in [4.78, 5) is 12.2. The summed E-state index contributed by atoms with van der Waals surface area (Å²) in [6.07, 6.45) is 1.12. The highest BCUT2D eigenvalue weighted by molar-refractivity contribution is 7.90. The molecule has 6 nitrogen and oxygen atoms in total. The number of carbonyl (C=O) groups is 1. The molecule has 134 valence electrons. The molecule has 0 bridgehead atoms. The predicted octanol–water partition coefficient (Wildman–Crippen LogP) is 3.11. The van der Waals surface area contributed by atoms with Crippen LogP contribution in [-0.2, 0) is 14.6 Å². The second kappa shape index (κ2) is 7.76. The molecule has 2 aromatic carbocycles. The van der Waals surface area contributed by atoms with E-state index >= 15 is 0 Å². The highest BCUT2D eigenvalue weighted by atomic mass is 35.5. The second-order valence-corrected chi connectivity index (χ2v) is 7.90. The van der Waals surface area contributed by atoms with Gasteiger partial charge in [0.1, 0.15) is 5.75 Å². The molecule has 8 heteroatoms. The van der Waals surface area contributed by atoms with Gasteiger partial charge in [-0.15, -0.1) is 0 Å². The zero-order valence-electron chi connectivity index (χ0n) is 14.1. The maximum atomic E-state index is 12.1. The molecule has 0 aliphatic rings. The third-order valence-electron chi connectivity index (χ3n) is 3.52. The maximum absolute atomic E-state index is 12.1. The zero-order valence-corrected chi connectivity index (χ0v) is 15.7. The Hall–Kier alpha value is -2.25. The van der Waals surface area contributed by atoms with E-state index < -0.39 is 9.84 Å². The first kappa shape index (κ1) is 19.1. The van der Waals surface area contributed by atoms with E-state index in [-0.39, 0.29) is 22.4 Å². The minimum absolute atomic E-state index is 0.0401. The predicted molar refractivity (Wildman–Crippen MR) is 99.4 cm³/mol. The first-order valence-corrected chi connectivity index (χ1v) is 9.65. The molecule has 0 radical (unpaired) electrons. The van der Waals surface area contributed by atoms with Crippen LogP contribution in [0.3, 0.4) is 0 Å². The fraction of sp³-hybridized carbons (Fsp3) is 0.235. The Balaban J connectivity index is 2.10. The summed E-state index contributed by atoms with van der Waals surface area (Å²) in [7, 11) is -1.87. The first-order valence-electron chi connectivity index (χ1n) is 7.38. The van der Waals surface area contributed by atoms with Crippen molar-refractivity contribution in [3.8, 4) is 5.75 Å². The molecule has 0 aliphatic heterocycles. The maximum Gasteiger partial charge on any atom is 0.243 e. The number of hydrogen-bond donors (Lipinski definition) is 2. The Morgan fingerprint density at radius 1 is 1.24 bits per heavy atom. The molecule has 2 N–H and O–H groups in total. The Morgan fingerprint density at radius 3 is 2.60 bits per heavy atom. The van der Waals surface area contributed by atoms with Gasteiger partial charge in [0.2, 0.25) is 5.91 Å². The van der Waals surface area contributed by atoms with Gasteiger partial charge in [-0.25, -0.2) is 8.42 Å². The molecular weight excluding hydrogens is 364 g/mol. The van der Waals surface area contributed by atoms with Gasteiger partial charge in [-0.3, -0.25) is 4.79 Å². The fourth-order valence-electron chi connectivity index (χ4n) is 2.30. The third-order valence-corrected chi connectivity index (χ3v) is 4.96. The molecule has 0 saturated carbocycles. The second-order valence-electron chi connectivity index (χ2n) is 5.48. The Kier molecular flexibility index (Phi) is 5.92. The van der Waals surface area contributed by atoms with Crippen LogP contribution in [0.1, 0.15) is 5.56 Å². The molecule has 0 heterocycles. The van der Waals surface area contributed by atoms with Crippen molar-refractivity contribution in [2.45, 2.75) is 11.8 Å². The number of hydrogen-bond acceptors (Lipinski definition) is 5. The van der Waals surface area contributed by atoms with Crippen LogP contribution in [0.4, 0.5) is 11.4 Å². The lowest BCUT2D eigenvalue weighted by Gasteiger charge is -2.13. The number of carbonyl (C=O) groups excluding carboxylic acids is 1. The Morgan fingerprint density at radius 2 is 1.96 bits per heavy atom. The van der Waals surface area contributed by atoms with E-state index in [2.05, 4.69) is 10.6 Å². The number of methoxy groups -OCH3 is 1. The summed E-state index contributed by atoms with van der Waals surface area (Å²) in [5.74, 6) is 0.350. The van der Waals surface area contributed by atoms with Crippen molar-refractivity contribution in [2.24, 2.45) is 0 Å². The summed E-state index contributed by atoms with van der Waals surface area (Å²) in [5, 5.41) is 5.94. The summed E-state index contributed by atoms with van der Waals surface area (Å²) < 4.78 is 28.7. The van der Waals surface area contributed by atoms with Gasteiger partial charge in [-0.1, -0.05) is 17.7 Å². The van der Waals surface area contributed by atoms with Gasteiger partial charge in [0.15, 0.2) is 9.84 Å². The van der Waals surface area contributed by atoms with E-state index in [9.17, 15) is 13.2 Å². The van der Waals surface area contributed by atoms with Crippen LogP contribution in [-0.4, -0.2) is 34.2 Å². The number of benzene rings is 2. The van der Waals surface area contributed by atoms with Gasteiger partial charge in [0.25, 0.3) is 0 Å². The van der Waals surface area contributed by atoms with Gasteiger partial charge in [0, 0.05) is 28.7 Å². The molecule has 0 atom stereocenters. The summed E-state index contributed by atoms with van der Waals surface area (Å²) >= 11 is 5.99. The molecule has 0 saturated heterocycles. The van der Waals surface area contributed by atoms with Crippen LogP contribution in [0.25, 0.3) is 0 Å². The quantitative estimate of drug-likeness (QED) is 0.801. The van der Waals surface area contributed by atoms with Crippen LogP contribution >= 0.6 is 11.6 Å². The van der Waals surface area contributed by atoms with Crippen molar-refractivity contribution in [3.05, 3.63) is 47.0 Å². The van der Waals surface area contributed by atoms with Gasteiger partial charge >= 0.3 is 0 Å². The smallest absolute Gasteiger partial charge is 0.243 e. The first-order chi connectivity index (χ1) is 11.7. The molecule has 2 aromatic rings. The van der Waals surface area contributed by atoms with Crippen molar-refractivity contribution in [1.82, 2.24) is 0 Å². The third kappa shape index (κ3) is 5.11. The lowest BCUT2D eigenvalue weighted by Crippen LogP contribution is -2.22. The minimum Gasteiger partial charge on any atom is -0.497 e. The minimum atomic E-state index is -3.41. The lowest BCUT2D eigenvalue weighted by molar-refractivity contribution is -0.114. The van der Waals surface area contributed by atoms with Crippen molar-refractivity contribution >= 4 is 38.7 Å². The molecule has 0 spiro atoms. The van der Waals surface area contributed by atoms with Crippen LogP contribution in [0, 0.1) is 6.92 Å². The van der Waals surface area contributed by atoms with Crippen molar-refractivity contribution in [1.29, 1.82) is 0 Å². The van der Waals surface area contributed by atoms with Gasteiger partial charge in [-0.05, 0) is 36.8 Å². The van der Waals surface area contributed by atoms with Gasteiger partial charge in [0.05, 0.1) is 18.6 Å². The summed E-state index contributed by atoms with van der Waals surface area (Å²) in [6, 6.07) is 9.96. The van der Waals surface area contributed by atoms with Crippen molar-refractivity contribution < 1.29 is 17.9 Å². The number of sulfone groups is 1. The molecule has 0 aromatic heterocycles. The number of amides is 1. The Labute approximate surface area is 152 Å². The molecule has 25 heavy (non-hydrogen) atoms. The standard InChI is InChI=1S/C17H19ClN2O4S/c1-11-15(7-12(18)8-16(11)25(3,22)23)19-10-17(21)20-13-5-4-6-14(9-13)24-2/h4-9,19H,10H2,1-3H3,(H,20,21). The molecule has 2 rings (SSSR count). The molecule has 1 amide bonds. The van der Waals surface area contributed by atoms with E-state index in [1.165, 1.54) is 6.07 Å². The van der Waals surface area contributed by atoms with Crippen molar-refractivity contribution in [3.63, 3.8) is 0 Å². The molecule has 0 fully saturated rings. The average molecular weight is 383 g/mol. The number of anilines is 2. The van der Waals surface area contributed by atoms with E-state index in [0.717, 1.165) is 6.26 Å². The van der Waals surface area contributed by atoms with Crippen LogP contribution in [0.2, 0.25) is 5.02 Å². The topological polar surface area (TPSA) is 84.5 Å². The summed E-state index contributed by atoms with van der Waals surface area (Å²) in [6.45, 7) is 1.62. The SMILES string of the molecule is COc1cccc(NC(=O)CNc2cc(Cl)cc(S(C)(=O)=O)c2C)c1.